The smallest absolute Gasteiger partial charge is 0.242 e. The summed E-state index contributed by atoms with van der Waals surface area (Å²) >= 11 is 0. The first kappa shape index (κ1) is 19.3. The molecule has 0 atom stereocenters. The number of aryl methyl sites for hydroxylation is 1. The first-order chi connectivity index (χ1) is 13.9. The van der Waals surface area contributed by atoms with Crippen LogP contribution in [0.3, 0.4) is 0 Å². The Hall–Kier alpha value is -3.04. The number of anilines is 1. The lowest BCUT2D eigenvalue weighted by atomic mass is 10.2. The van der Waals surface area contributed by atoms with Crippen LogP contribution in [0.4, 0.5) is 5.69 Å². The molecule has 0 aliphatic carbocycles. The van der Waals surface area contributed by atoms with Gasteiger partial charge >= 0.3 is 0 Å². The van der Waals surface area contributed by atoms with Gasteiger partial charge in [-0.3, -0.25) is 4.79 Å². The number of carbonyl (C=O) groups excluding carboxylic acids is 1. The predicted molar refractivity (Wildman–Crippen MR) is 107 cm³/mol. The molecule has 1 aromatic heterocycles. The van der Waals surface area contributed by atoms with Gasteiger partial charge < -0.3 is 9.42 Å². The predicted octanol–water partition coefficient (Wildman–Crippen LogP) is 2.65. The molecule has 1 fully saturated rings. The lowest BCUT2D eigenvalue weighted by Crippen LogP contribution is -2.26. The molecule has 0 saturated carbocycles. The number of aromatic nitrogens is 2. The van der Waals surface area contributed by atoms with Gasteiger partial charge in [-0.05, 0) is 37.1 Å². The second-order valence-electron chi connectivity index (χ2n) is 6.80. The Bertz CT molecular complexity index is 1140. The molecule has 150 valence electrons. The highest BCUT2D eigenvalue weighted by molar-refractivity contribution is 7.89. The zero-order chi connectivity index (χ0) is 20.4. The number of sulfonamides is 1. The Morgan fingerprint density at radius 3 is 2.66 bits per heavy atom. The SMILES string of the molecule is Cc1cc(S(=O)(=O)NCc2nc(-c3ccccc3)no2)ccc1N1CCCC1=O. The third-order valence-electron chi connectivity index (χ3n) is 4.76. The van der Waals surface area contributed by atoms with Gasteiger partial charge in [-0.15, -0.1) is 0 Å². The van der Waals surface area contributed by atoms with E-state index in [-0.39, 0.29) is 23.2 Å². The fourth-order valence-corrected chi connectivity index (χ4v) is 4.33. The average Bonchev–Trinajstić information content (AvgIpc) is 3.36. The largest absolute Gasteiger partial charge is 0.338 e. The van der Waals surface area contributed by atoms with Crippen LogP contribution in [-0.4, -0.2) is 31.0 Å². The second-order valence-corrected chi connectivity index (χ2v) is 8.57. The Morgan fingerprint density at radius 2 is 1.97 bits per heavy atom. The molecule has 1 aliphatic rings. The van der Waals surface area contributed by atoms with E-state index in [1.807, 2.05) is 30.3 Å². The molecule has 8 nitrogen and oxygen atoms in total. The Balaban J connectivity index is 1.47. The minimum absolute atomic E-state index is 0.0625. The lowest BCUT2D eigenvalue weighted by Gasteiger charge is -2.19. The molecule has 2 heterocycles. The van der Waals surface area contributed by atoms with Crippen molar-refractivity contribution in [3.63, 3.8) is 0 Å². The van der Waals surface area contributed by atoms with E-state index >= 15 is 0 Å². The maximum absolute atomic E-state index is 12.6. The van der Waals surface area contributed by atoms with Crippen molar-refractivity contribution >= 4 is 21.6 Å². The van der Waals surface area contributed by atoms with Gasteiger partial charge in [0, 0.05) is 24.2 Å². The van der Waals surface area contributed by atoms with Crippen molar-refractivity contribution in [2.24, 2.45) is 0 Å². The Labute approximate surface area is 168 Å². The second kappa shape index (κ2) is 7.76. The molecule has 0 unspecified atom stereocenters. The van der Waals surface area contributed by atoms with Crippen molar-refractivity contribution in [1.29, 1.82) is 0 Å². The summed E-state index contributed by atoms with van der Waals surface area (Å²) in [6.45, 7) is 2.34. The van der Waals surface area contributed by atoms with E-state index in [2.05, 4.69) is 14.9 Å². The number of hydrogen-bond donors (Lipinski definition) is 1. The molecule has 1 aliphatic heterocycles. The summed E-state index contributed by atoms with van der Waals surface area (Å²) in [5.74, 6) is 0.631. The number of nitrogens with zero attached hydrogens (tertiary/aromatic N) is 3. The lowest BCUT2D eigenvalue weighted by molar-refractivity contribution is -0.117. The molecule has 1 N–H and O–H groups in total. The van der Waals surface area contributed by atoms with E-state index in [9.17, 15) is 13.2 Å². The number of rotatable bonds is 6. The maximum Gasteiger partial charge on any atom is 0.242 e. The number of benzene rings is 2. The van der Waals surface area contributed by atoms with Crippen molar-refractivity contribution < 1.29 is 17.7 Å². The topological polar surface area (TPSA) is 105 Å². The first-order valence-electron chi connectivity index (χ1n) is 9.23. The van der Waals surface area contributed by atoms with Crippen molar-refractivity contribution in [2.45, 2.75) is 31.2 Å². The van der Waals surface area contributed by atoms with Gasteiger partial charge in [0.15, 0.2) is 0 Å². The van der Waals surface area contributed by atoms with Crippen LogP contribution < -0.4 is 9.62 Å². The van der Waals surface area contributed by atoms with E-state index < -0.39 is 10.0 Å². The third-order valence-corrected chi connectivity index (χ3v) is 6.16. The standard InChI is InChI=1S/C20H20N4O4S/c1-14-12-16(9-10-17(14)24-11-5-8-19(24)25)29(26,27)21-13-18-22-20(23-28-18)15-6-3-2-4-7-15/h2-4,6-7,9-10,12,21H,5,8,11,13H2,1H3. The van der Waals surface area contributed by atoms with Gasteiger partial charge in [0.05, 0.1) is 11.4 Å². The van der Waals surface area contributed by atoms with Crippen LogP contribution in [0.15, 0.2) is 57.9 Å². The highest BCUT2D eigenvalue weighted by Crippen LogP contribution is 2.27. The molecular formula is C20H20N4O4S. The van der Waals surface area contributed by atoms with Gasteiger partial charge in [0.2, 0.25) is 27.6 Å². The van der Waals surface area contributed by atoms with Gasteiger partial charge in [-0.1, -0.05) is 35.5 Å². The molecule has 4 rings (SSSR count). The zero-order valence-corrected chi connectivity index (χ0v) is 16.6. The van der Waals surface area contributed by atoms with Crippen LogP contribution >= 0.6 is 0 Å². The average molecular weight is 412 g/mol. The first-order valence-corrected chi connectivity index (χ1v) is 10.7. The molecule has 0 radical (unpaired) electrons. The number of carbonyl (C=O) groups is 1. The van der Waals surface area contributed by atoms with Crippen LogP contribution in [0, 0.1) is 6.92 Å². The summed E-state index contributed by atoms with van der Waals surface area (Å²) in [7, 11) is -3.77. The summed E-state index contributed by atoms with van der Waals surface area (Å²) < 4.78 is 32.9. The summed E-state index contributed by atoms with van der Waals surface area (Å²) in [6, 6.07) is 14.0. The number of nitrogens with one attached hydrogen (secondary N) is 1. The molecule has 0 bridgehead atoms. The zero-order valence-electron chi connectivity index (χ0n) is 15.8. The van der Waals surface area contributed by atoms with Crippen LogP contribution in [-0.2, 0) is 21.4 Å². The normalized spacial score (nSPS) is 14.5. The van der Waals surface area contributed by atoms with Crippen molar-refractivity contribution in [3.8, 4) is 11.4 Å². The van der Waals surface area contributed by atoms with Gasteiger partial charge in [-0.25, -0.2) is 13.1 Å². The highest BCUT2D eigenvalue weighted by Gasteiger charge is 2.24. The Kier molecular flexibility index (Phi) is 5.16. The summed E-state index contributed by atoms with van der Waals surface area (Å²) in [4.78, 5) is 18.0. The van der Waals surface area contributed by atoms with Gasteiger partial charge in [0.25, 0.3) is 0 Å². The van der Waals surface area contributed by atoms with Crippen LogP contribution in [0.5, 0.6) is 0 Å². The van der Waals surface area contributed by atoms with Gasteiger partial charge in [-0.2, -0.15) is 4.98 Å². The van der Waals surface area contributed by atoms with Crippen molar-refractivity contribution in [2.75, 3.05) is 11.4 Å². The van der Waals surface area contributed by atoms with Crippen molar-refractivity contribution in [1.82, 2.24) is 14.9 Å². The minimum Gasteiger partial charge on any atom is -0.338 e. The van der Waals surface area contributed by atoms with Gasteiger partial charge in [0.1, 0.15) is 0 Å². The minimum atomic E-state index is -3.77. The van der Waals surface area contributed by atoms with E-state index in [4.69, 9.17) is 4.52 Å². The Morgan fingerprint density at radius 1 is 1.17 bits per heavy atom. The summed E-state index contributed by atoms with van der Waals surface area (Å²) in [5.41, 5.74) is 2.26. The van der Waals surface area contributed by atoms with Crippen LogP contribution in [0.2, 0.25) is 0 Å². The molecular weight excluding hydrogens is 392 g/mol. The third kappa shape index (κ3) is 4.06. The van der Waals surface area contributed by atoms with E-state index in [0.717, 1.165) is 23.2 Å². The molecule has 9 heteroatoms. The summed E-state index contributed by atoms with van der Waals surface area (Å²) in [5, 5.41) is 3.88. The maximum atomic E-state index is 12.6. The molecule has 0 spiro atoms. The molecule has 1 saturated heterocycles. The quantitative estimate of drug-likeness (QED) is 0.667. The van der Waals surface area contributed by atoms with E-state index in [0.29, 0.717) is 18.8 Å². The highest BCUT2D eigenvalue weighted by atomic mass is 32.2. The number of hydrogen-bond acceptors (Lipinski definition) is 6. The van der Waals surface area contributed by atoms with Crippen LogP contribution in [0.25, 0.3) is 11.4 Å². The summed E-state index contributed by atoms with van der Waals surface area (Å²) in [6.07, 6.45) is 1.34. The molecule has 3 aromatic rings. The van der Waals surface area contributed by atoms with Crippen molar-refractivity contribution in [3.05, 3.63) is 60.0 Å². The van der Waals surface area contributed by atoms with E-state index in [1.54, 1.807) is 24.0 Å². The molecule has 29 heavy (non-hydrogen) atoms. The fraction of sp³-hybridized carbons (Fsp3) is 0.250. The fourth-order valence-electron chi connectivity index (χ4n) is 3.27. The molecule has 1 amide bonds. The van der Waals surface area contributed by atoms with E-state index in [1.165, 1.54) is 6.07 Å². The monoisotopic (exact) mass is 412 g/mol. The molecule has 2 aromatic carbocycles. The number of amides is 1. The van der Waals surface area contributed by atoms with Crippen LogP contribution in [0.1, 0.15) is 24.3 Å².